The van der Waals surface area contributed by atoms with E-state index in [9.17, 15) is 0 Å². The van der Waals surface area contributed by atoms with Crippen molar-refractivity contribution in [1.82, 2.24) is 4.98 Å². The van der Waals surface area contributed by atoms with Crippen LogP contribution in [0, 0.1) is 0 Å². The second-order valence-corrected chi connectivity index (χ2v) is 3.45. The van der Waals surface area contributed by atoms with Gasteiger partial charge in [-0.15, -0.1) is 12.4 Å². The van der Waals surface area contributed by atoms with Gasteiger partial charge in [0, 0.05) is 13.1 Å². The Morgan fingerprint density at radius 3 is 2.37 bits per heavy atom. The second-order valence-electron chi connectivity index (χ2n) is 3.45. The Morgan fingerprint density at radius 1 is 1.05 bits per heavy atom. The summed E-state index contributed by atoms with van der Waals surface area (Å²) in [5.74, 6) is 0.368. The van der Waals surface area contributed by atoms with Crippen LogP contribution >= 0.6 is 12.4 Å². The summed E-state index contributed by atoms with van der Waals surface area (Å²) >= 11 is 0. The van der Waals surface area contributed by atoms with E-state index >= 15 is 0 Å². The molecular formula is C11H20ClN3O4. The molecule has 1 heterocycles. The highest BCUT2D eigenvalue weighted by Gasteiger charge is 2.06. The normalized spacial score (nSPS) is 9.63. The van der Waals surface area contributed by atoms with Gasteiger partial charge in [0.2, 0.25) is 5.88 Å². The van der Waals surface area contributed by atoms with Crippen LogP contribution in [0.2, 0.25) is 0 Å². The van der Waals surface area contributed by atoms with E-state index in [0.717, 1.165) is 5.69 Å². The van der Waals surface area contributed by atoms with E-state index in [2.05, 4.69) is 15.6 Å². The molecule has 0 bridgehead atoms. The minimum absolute atomic E-state index is 0. The van der Waals surface area contributed by atoms with E-state index in [1.54, 1.807) is 12.3 Å². The summed E-state index contributed by atoms with van der Waals surface area (Å²) in [6.07, 6.45) is 1.58. The van der Waals surface area contributed by atoms with Gasteiger partial charge in [-0.05, 0) is 6.07 Å². The van der Waals surface area contributed by atoms with E-state index in [1.807, 2.05) is 0 Å². The van der Waals surface area contributed by atoms with Crippen LogP contribution in [0.25, 0.3) is 0 Å². The molecule has 0 aliphatic rings. The highest BCUT2D eigenvalue weighted by molar-refractivity contribution is 5.85. The van der Waals surface area contributed by atoms with Crippen LogP contribution in [0.5, 0.6) is 5.88 Å². The predicted molar refractivity (Wildman–Crippen MR) is 75.2 cm³/mol. The van der Waals surface area contributed by atoms with Crippen LogP contribution in [0.1, 0.15) is 0 Å². The van der Waals surface area contributed by atoms with Crippen molar-refractivity contribution in [3.63, 3.8) is 0 Å². The van der Waals surface area contributed by atoms with Gasteiger partial charge in [-0.1, -0.05) is 0 Å². The second kappa shape index (κ2) is 10.6. The predicted octanol–water partition coefficient (Wildman–Crippen LogP) is -0.317. The van der Waals surface area contributed by atoms with Crippen molar-refractivity contribution in [2.24, 2.45) is 0 Å². The molecule has 110 valence electrons. The lowest BCUT2D eigenvalue weighted by Gasteiger charge is -2.13. The molecular weight excluding hydrogens is 274 g/mol. The molecule has 8 heteroatoms. The minimum Gasteiger partial charge on any atom is -0.474 e. The molecule has 0 fully saturated rings. The van der Waals surface area contributed by atoms with Crippen molar-refractivity contribution in [3.05, 3.63) is 12.3 Å². The van der Waals surface area contributed by atoms with Crippen molar-refractivity contribution < 1.29 is 20.1 Å². The van der Waals surface area contributed by atoms with E-state index in [1.165, 1.54) is 0 Å². The highest BCUT2D eigenvalue weighted by atomic mass is 35.5. The third-order valence-corrected chi connectivity index (χ3v) is 2.05. The standard InChI is InChI=1S/C11H19N3O4.ClH/c15-3-1-12-9-7-10(13-2-4-16)11(14-8-9)18-6-5-17;/h7-8,12-13,15-17H,1-6H2;1H. The lowest BCUT2D eigenvalue weighted by Crippen LogP contribution is -2.11. The quantitative estimate of drug-likeness (QED) is 0.425. The number of nitrogens with zero attached hydrogens (tertiary/aromatic N) is 1. The van der Waals surface area contributed by atoms with Crippen LogP contribution in [0.15, 0.2) is 12.3 Å². The first-order valence-electron chi connectivity index (χ1n) is 5.75. The van der Waals surface area contributed by atoms with E-state index < -0.39 is 0 Å². The fourth-order valence-electron chi connectivity index (χ4n) is 1.32. The zero-order chi connectivity index (χ0) is 13.2. The number of aromatic nitrogens is 1. The molecule has 0 aliphatic heterocycles. The Bertz CT molecular complexity index is 355. The molecule has 0 saturated heterocycles. The molecule has 0 amide bonds. The Hall–Kier alpha value is -1.28. The van der Waals surface area contributed by atoms with Gasteiger partial charge >= 0.3 is 0 Å². The molecule has 19 heavy (non-hydrogen) atoms. The molecule has 5 N–H and O–H groups in total. The topological polar surface area (TPSA) is 107 Å². The van der Waals surface area contributed by atoms with Crippen LogP contribution in [0.3, 0.4) is 0 Å². The van der Waals surface area contributed by atoms with Crippen molar-refractivity contribution >= 4 is 23.8 Å². The summed E-state index contributed by atoms with van der Waals surface area (Å²) in [6.45, 7) is 0.893. The summed E-state index contributed by atoms with van der Waals surface area (Å²) < 4.78 is 5.26. The molecule has 0 aromatic carbocycles. The van der Waals surface area contributed by atoms with Gasteiger partial charge in [0.05, 0.1) is 37.4 Å². The average Bonchev–Trinajstić information content (AvgIpc) is 2.41. The van der Waals surface area contributed by atoms with Gasteiger partial charge in [-0.2, -0.15) is 0 Å². The maximum Gasteiger partial charge on any atom is 0.237 e. The molecule has 0 saturated carbocycles. The number of hydrogen-bond donors (Lipinski definition) is 5. The molecule has 0 unspecified atom stereocenters. The fourth-order valence-corrected chi connectivity index (χ4v) is 1.32. The van der Waals surface area contributed by atoms with Crippen molar-refractivity contribution in [1.29, 1.82) is 0 Å². The maximum absolute atomic E-state index is 8.79. The first-order chi connectivity index (χ1) is 8.81. The Balaban J connectivity index is 0.00000324. The first kappa shape index (κ1) is 17.7. The summed E-state index contributed by atoms with van der Waals surface area (Å²) in [6, 6.07) is 1.77. The average molecular weight is 294 g/mol. The van der Waals surface area contributed by atoms with Gasteiger partial charge in [0.15, 0.2) is 0 Å². The molecule has 0 aliphatic carbocycles. The monoisotopic (exact) mass is 293 g/mol. The van der Waals surface area contributed by atoms with Crippen LogP contribution in [-0.4, -0.2) is 59.8 Å². The van der Waals surface area contributed by atoms with Crippen molar-refractivity contribution in [2.75, 3.05) is 50.2 Å². The first-order valence-corrected chi connectivity index (χ1v) is 5.75. The number of anilines is 2. The largest absolute Gasteiger partial charge is 0.474 e. The highest BCUT2D eigenvalue weighted by Crippen LogP contribution is 2.24. The van der Waals surface area contributed by atoms with Crippen LogP contribution in [0.4, 0.5) is 11.4 Å². The molecule has 0 atom stereocenters. The van der Waals surface area contributed by atoms with Crippen LogP contribution < -0.4 is 15.4 Å². The number of rotatable bonds is 9. The van der Waals surface area contributed by atoms with E-state index in [4.69, 9.17) is 20.1 Å². The van der Waals surface area contributed by atoms with Gasteiger partial charge < -0.3 is 30.7 Å². The molecule has 0 spiro atoms. The molecule has 1 rings (SSSR count). The summed E-state index contributed by atoms with van der Waals surface area (Å²) in [7, 11) is 0. The third-order valence-electron chi connectivity index (χ3n) is 2.05. The van der Waals surface area contributed by atoms with Gasteiger partial charge in [0.1, 0.15) is 6.61 Å². The number of halogens is 1. The SMILES string of the molecule is Cl.OCCNc1cnc(OCCO)c(NCCO)c1. The van der Waals surface area contributed by atoms with Gasteiger partial charge in [0.25, 0.3) is 0 Å². The molecule has 7 nitrogen and oxygen atoms in total. The van der Waals surface area contributed by atoms with Crippen molar-refractivity contribution in [3.8, 4) is 5.88 Å². The number of aliphatic hydroxyl groups excluding tert-OH is 3. The number of hydrogen-bond acceptors (Lipinski definition) is 7. The van der Waals surface area contributed by atoms with Gasteiger partial charge in [-0.25, -0.2) is 4.98 Å². The van der Waals surface area contributed by atoms with Crippen molar-refractivity contribution in [2.45, 2.75) is 0 Å². The van der Waals surface area contributed by atoms with E-state index in [-0.39, 0.29) is 38.8 Å². The summed E-state index contributed by atoms with van der Waals surface area (Å²) in [4.78, 5) is 4.10. The Morgan fingerprint density at radius 2 is 1.74 bits per heavy atom. The van der Waals surface area contributed by atoms with Gasteiger partial charge in [-0.3, -0.25) is 0 Å². The zero-order valence-electron chi connectivity index (χ0n) is 10.5. The summed E-state index contributed by atoms with van der Waals surface area (Å²) in [5, 5.41) is 32.2. The number of aliphatic hydroxyl groups is 3. The smallest absolute Gasteiger partial charge is 0.237 e. The zero-order valence-corrected chi connectivity index (χ0v) is 11.3. The van der Waals surface area contributed by atoms with E-state index in [0.29, 0.717) is 24.7 Å². The summed E-state index contributed by atoms with van der Waals surface area (Å²) in [5.41, 5.74) is 1.36. The lowest BCUT2D eigenvalue weighted by molar-refractivity contribution is 0.197. The molecule has 0 radical (unpaired) electrons. The number of ether oxygens (including phenoxy) is 1. The number of pyridine rings is 1. The fraction of sp³-hybridized carbons (Fsp3) is 0.545. The Labute approximate surface area is 118 Å². The Kier molecular flexibility index (Phi) is 9.91. The molecule has 1 aromatic rings. The minimum atomic E-state index is -0.0916. The lowest BCUT2D eigenvalue weighted by atomic mass is 10.3. The number of nitrogens with one attached hydrogen (secondary N) is 2. The maximum atomic E-state index is 8.79. The van der Waals surface area contributed by atoms with Crippen LogP contribution in [-0.2, 0) is 0 Å². The third kappa shape index (κ3) is 6.44. The molecule has 1 aromatic heterocycles.